The molecule has 0 bridgehead atoms. The van der Waals surface area contributed by atoms with Gasteiger partial charge in [-0.05, 0) is 19.1 Å². The van der Waals surface area contributed by atoms with Crippen LogP contribution in [0.2, 0.25) is 0 Å². The number of hydrogen-bond acceptors (Lipinski definition) is 4. The molecule has 2 amide bonds. The molecule has 1 saturated heterocycles. The lowest BCUT2D eigenvalue weighted by Crippen LogP contribution is -2.59. The second kappa shape index (κ2) is 6.69. The van der Waals surface area contributed by atoms with Gasteiger partial charge in [-0.3, -0.25) is 9.59 Å². The zero-order valence-corrected chi connectivity index (χ0v) is 12.4. The number of nitrogens with one attached hydrogen (secondary N) is 2. The molecule has 2 N–H and O–H groups in total. The molecule has 1 aromatic rings. The van der Waals surface area contributed by atoms with Crippen LogP contribution in [-0.2, 0) is 14.3 Å². The number of carbonyl (C=O) groups is 2. The summed E-state index contributed by atoms with van der Waals surface area (Å²) >= 11 is 0. The van der Waals surface area contributed by atoms with Crippen molar-refractivity contribution < 1.29 is 14.3 Å². The van der Waals surface area contributed by atoms with Gasteiger partial charge in [0.15, 0.2) is 0 Å². The third kappa shape index (κ3) is 4.54. The van der Waals surface area contributed by atoms with Crippen molar-refractivity contribution in [2.45, 2.75) is 12.5 Å². The fourth-order valence-corrected chi connectivity index (χ4v) is 1.95. The van der Waals surface area contributed by atoms with Crippen molar-refractivity contribution in [1.29, 1.82) is 0 Å². The van der Waals surface area contributed by atoms with Crippen molar-refractivity contribution >= 4 is 17.5 Å². The lowest BCUT2D eigenvalue weighted by atomic mass is 10.0. The predicted molar refractivity (Wildman–Crippen MR) is 79.9 cm³/mol. The van der Waals surface area contributed by atoms with E-state index in [1.54, 1.807) is 19.2 Å². The lowest BCUT2D eigenvalue weighted by Gasteiger charge is -2.39. The summed E-state index contributed by atoms with van der Waals surface area (Å²) in [6.45, 7) is 3.45. The maximum Gasteiger partial charge on any atom is 0.248 e. The van der Waals surface area contributed by atoms with Crippen LogP contribution in [0.25, 0.3) is 0 Å². The number of hydrogen-bond donors (Lipinski definition) is 2. The van der Waals surface area contributed by atoms with Crippen LogP contribution in [0.4, 0.5) is 5.69 Å². The number of para-hydroxylation sites is 1. The van der Waals surface area contributed by atoms with Crippen LogP contribution < -0.4 is 10.6 Å². The highest BCUT2D eigenvalue weighted by Crippen LogP contribution is 2.14. The molecule has 0 saturated carbocycles. The molecule has 114 valence electrons. The molecular formula is C15H21N3O3. The first-order chi connectivity index (χ1) is 9.98. The van der Waals surface area contributed by atoms with E-state index in [9.17, 15) is 9.59 Å². The third-order valence-electron chi connectivity index (χ3n) is 3.41. The highest BCUT2D eigenvalue weighted by Gasteiger charge is 2.33. The molecule has 1 fully saturated rings. The lowest BCUT2D eigenvalue weighted by molar-refractivity contribution is -0.146. The number of ether oxygens (including phenoxy) is 1. The van der Waals surface area contributed by atoms with Crippen LogP contribution in [0.5, 0.6) is 0 Å². The molecule has 0 atom stereocenters. The number of anilines is 1. The quantitative estimate of drug-likeness (QED) is 0.799. The van der Waals surface area contributed by atoms with Gasteiger partial charge in [0, 0.05) is 25.8 Å². The van der Waals surface area contributed by atoms with Crippen molar-refractivity contribution in [3.05, 3.63) is 30.3 Å². The van der Waals surface area contributed by atoms with Gasteiger partial charge in [-0.2, -0.15) is 0 Å². The Hall–Kier alpha value is -1.92. The molecule has 0 radical (unpaired) electrons. The first-order valence-electron chi connectivity index (χ1n) is 6.92. The number of rotatable bonds is 6. The van der Waals surface area contributed by atoms with Crippen molar-refractivity contribution in [2.24, 2.45) is 0 Å². The Bertz CT molecular complexity index is 500. The molecule has 21 heavy (non-hydrogen) atoms. The number of benzene rings is 1. The molecule has 6 nitrogen and oxygen atoms in total. The predicted octanol–water partition coefficient (Wildman–Crippen LogP) is 0.462. The van der Waals surface area contributed by atoms with Crippen LogP contribution in [0.1, 0.15) is 6.92 Å². The fourth-order valence-electron chi connectivity index (χ4n) is 1.95. The van der Waals surface area contributed by atoms with Gasteiger partial charge in [0.2, 0.25) is 11.8 Å². The number of nitrogens with zero attached hydrogens (tertiary/aromatic N) is 1. The number of carbonyl (C=O) groups excluding carboxylic acids is 2. The van der Waals surface area contributed by atoms with Gasteiger partial charge < -0.3 is 20.3 Å². The Morgan fingerprint density at radius 2 is 2.00 bits per heavy atom. The summed E-state index contributed by atoms with van der Waals surface area (Å²) in [5.74, 6) is -0.431. The smallest absolute Gasteiger partial charge is 0.248 e. The minimum atomic E-state index is -0.261. The van der Waals surface area contributed by atoms with E-state index in [0.29, 0.717) is 5.69 Å². The minimum Gasteiger partial charge on any atom is -0.363 e. The third-order valence-corrected chi connectivity index (χ3v) is 3.41. The summed E-state index contributed by atoms with van der Waals surface area (Å²) < 4.78 is 5.56. The summed E-state index contributed by atoms with van der Waals surface area (Å²) in [5.41, 5.74) is 0.454. The molecule has 6 heteroatoms. The van der Waals surface area contributed by atoms with Gasteiger partial charge in [0.05, 0.1) is 12.1 Å². The molecule has 2 rings (SSSR count). The molecule has 1 aromatic carbocycles. The second-order valence-electron chi connectivity index (χ2n) is 5.51. The Balaban J connectivity index is 1.73. The number of likely N-dealkylation sites (N-methyl/N-ethyl adjacent to an activating group) is 1. The molecule has 1 heterocycles. The largest absolute Gasteiger partial charge is 0.363 e. The average molecular weight is 291 g/mol. The maximum absolute atomic E-state index is 11.9. The van der Waals surface area contributed by atoms with Crippen LogP contribution in [0, 0.1) is 0 Å². The molecular weight excluding hydrogens is 270 g/mol. The SMILES string of the molecule is CN(CC(=O)Nc1ccccc1)C(=O)COC1(C)CNC1. The van der Waals surface area contributed by atoms with E-state index in [-0.39, 0.29) is 30.6 Å². The molecule has 1 aliphatic heterocycles. The van der Waals surface area contributed by atoms with Crippen molar-refractivity contribution in [3.63, 3.8) is 0 Å². The Labute approximate surface area is 124 Å². The summed E-state index contributed by atoms with van der Waals surface area (Å²) in [7, 11) is 1.59. The normalized spacial score (nSPS) is 15.9. The zero-order chi connectivity index (χ0) is 15.3. The van der Waals surface area contributed by atoms with Crippen LogP contribution in [-0.4, -0.2) is 55.6 Å². The Morgan fingerprint density at radius 1 is 1.33 bits per heavy atom. The van der Waals surface area contributed by atoms with E-state index in [1.165, 1.54) is 4.90 Å². The topological polar surface area (TPSA) is 70.7 Å². The summed E-state index contributed by atoms with van der Waals surface area (Å²) in [6.07, 6.45) is 0. The van der Waals surface area contributed by atoms with E-state index in [4.69, 9.17) is 4.74 Å². The fraction of sp³-hybridized carbons (Fsp3) is 0.467. The Morgan fingerprint density at radius 3 is 2.57 bits per heavy atom. The highest BCUT2D eigenvalue weighted by atomic mass is 16.5. The average Bonchev–Trinajstić information content (AvgIpc) is 2.43. The summed E-state index contributed by atoms with van der Waals surface area (Å²) in [5, 5.41) is 5.84. The Kier molecular flexibility index (Phi) is 4.93. The van der Waals surface area contributed by atoms with Crippen LogP contribution in [0.15, 0.2) is 30.3 Å². The van der Waals surface area contributed by atoms with Gasteiger partial charge in [-0.1, -0.05) is 18.2 Å². The zero-order valence-electron chi connectivity index (χ0n) is 12.4. The summed E-state index contributed by atoms with van der Waals surface area (Å²) in [4.78, 5) is 25.1. The minimum absolute atomic E-state index is 0.00600. The van der Waals surface area contributed by atoms with Crippen molar-refractivity contribution in [3.8, 4) is 0 Å². The first kappa shape index (κ1) is 15.5. The molecule has 1 aliphatic rings. The number of amides is 2. The molecule has 0 spiro atoms. The molecule has 0 unspecified atom stereocenters. The van der Waals surface area contributed by atoms with Crippen LogP contribution in [0.3, 0.4) is 0 Å². The van der Waals surface area contributed by atoms with E-state index < -0.39 is 0 Å². The molecule has 0 aromatic heterocycles. The van der Waals surface area contributed by atoms with Crippen LogP contribution >= 0.6 is 0 Å². The summed E-state index contributed by atoms with van der Waals surface area (Å²) in [6, 6.07) is 9.15. The highest BCUT2D eigenvalue weighted by molar-refractivity contribution is 5.94. The van der Waals surface area contributed by atoms with Gasteiger partial charge in [-0.15, -0.1) is 0 Å². The first-order valence-corrected chi connectivity index (χ1v) is 6.92. The monoisotopic (exact) mass is 291 g/mol. The molecule has 0 aliphatic carbocycles. The van der Waals surface area contributed by atoms with E-state index in [2.05, 4.69) is 10.6 Å². The van der Waals surface area contributed by atoms with Gasteiger partial charge in [0.25, 0.3) is 0 Å². The maximum atomic E-state index is 11.9. The van der Waals surface area contributed by atoms with E-state index in [1.807, 2.05) is 25.1 Å². The van der Waals surface area contributed by atoms with Crippen molar-refractivity contribution in [2.75, 3.05) is 38.6 Å². The van der Waals surface area contributed by atoms with E-state index >= 15 is 0 Å². The van der Waals surface area contributed by atoms with E-state index in [0.717, 1.165) is 13.1 Å². The van der Waals surface area contributed by atoms with Gasteiger partial charge >= 0.3 is 0 Å². The standard InChI is InChI=1S/C15H21N3O3/c1-15(10-16-11-15)21-9-14(20)18(2)8-13(19)17-12-6-4-3-5-7-12/h3-7,16H,8-11H2,1-2H3,(H,17,19). The van der Waals surface area contributed by atoms with Gasteiger partial charge in [-0.25, -0.2) is 0 Å². The second-order valence-corrected chi connectivity index (χ2v) is 5.51. The van der Waals surface area contributed by atoms with Gasteiger partial charge in [0.1, 0.15) is 6.61 Å². The van der Waals surface area contributed by atoms with Crippen molar-refractivity contribution in [1.82, 2.24) is 10.2 Å².